The fourth-order valence-corrected chi connectivity index (χ4v) is 5.16. The van der Waals surface area contributed by atoms with E-state index >= 15 is 0 Å². The molecule has 0 aliphatic carbocycles. The van der Waals surface area contributed by atoms with Gasteiger partial charge in [-0.15, -0.1) is 11.8 Å². The van der Waals surface area contributed by atoms with Gasteiger partial charge >= 0.3 is 0 Å². The summed E-state index contributed by atoms with van der Waals surface area (Å²) in [6.45, 7) is 1.04. The summed E-state index contributed by atoms with van der Waals surface area (Å²) in [5.74, 6) is 0. The molecule has 3 nitrogen and oxygen atoms in total. The van der Waals surface area contributed by atoms with Crippen LogP contribution in [0.2, 0.25) is 5.02 Å². The van der Waals surface area contributed by atoms with E-state index in [1.165, 1.54) is 30.9 Å². The number of hydrogen-bond donors (Lipinski definition) is 1. The molecule has 112 valence electrons. The third-order valence-corrected chi connectivity index (χ3v) is 6.08. The maximum Gasteiger partial charge on any atom is 0.176 e. The number of piperidine rings is 1. The molecular weight excluding hydrogens is 314 g/mol. The predicted octanol–water partition coefficient (Wildman–Crippen LogP) is 3.15. The van der Waals surface area contributed by atoms with Gasteiger partial charge in [-0.2, -0.15) is 0 Å². The minimum absolute atomic E-state index is 0.350. The van der Waals surface area contributed by atoms with Crippen molar-refractivity contribution in [2.45, 2.75) is 41.5 Å². The standard InChI is InChI=1S/C14H20ClNO2S2/c1-19-14-12(15)8-10(9-13(14)20(2,17)18)7-11-5-3-4-6-16-11/h8-9,11,16H,3-7H2,1-2H3. The molecule has 1 saturated heterocycles. The average molecular weight is 334 g/mol. The van der Waals surface area contributed by atoms with Gasteiger partial charge in [0.1, 0.15) is 0 Å². The predicted molar refractivity (Wildman–Crippen MR) is 85.7 cm³/mol. The molecule has 6 heteroatoms. The molecule has 1 unspecified atom stereocenters. The van der Waals surface area contributed by atoms with Crippen LogP contribution in [-0.4, -0.2) is 33.5 Å². The minimum atomic E-state index is -3.26. The fraction of sp³-hybridized carbons (Fsp3) is 0.571. The van der Waals surface area contributed by atoms with Crippen molar-refractivity contribution in [1.29, 1.82) is 0 Å². The van der Waals surface area contributed by atoms with Gasteiger partial charge in [-0.3, -0.25) is 0 Å². The first-order valence-corrected chi connectivity index (χ1v) is 10.2. The van der Waals surface area contributed by atoms with Crippen molar-refractivity contribution in [2.24, 2.45) is 0 Å². The van der Waals surface area contributed by atoms with Crippen LogP contribution >= 0.6 is 23.4 Å². The van der Waals surface area contributed by atoms with Gasteiger partial charge in [0.2, 0.25) is 0 Å². The van der Waals surface area contributed by atoms with E-state index in [4.69, 9.17) is 11.6 Å². The molecule has 0 radical (unpaired) electrons. The first-order valence-electron chi connectivity index (χ1n) is 6.71. The Balaban J connectivity index is 2.33. The molecule has 1 aliphatic rings. The van der Waals surface area contributed by atoms with Gasteiger partial charge < -0.3 is 5.32 Å². The van der Waals surface area contributed by atoms with Crippen LogP contribution in [0.15, 0.2) is 21.9 Å². The van der Waals surface area contributed by atoms with Crippen molar-refractivity contribution in [2.75, 3.05) is 19.1 Å². The smallest absolute Gasteiger partial charge is 0.176 e. The van der Waals surface area contributed by atoms with Crippen LogP contribution in [0, 0.1) is 0 Å². The lowest BCUT2D eigenvalue weighted by Gasteiger charge is -2.24. The molecule has 20 heavy (non-hydrogen) atoms. The zero-order valence-corrected chi connectivity index (χ0v) is 14.2. The summed E-state index contributed by atoms with van der Waals surface area (Å²) in [4.78, 5) is 0.998. The Morgan fingerprint density at radius 3 is 2.70 bits per heavy atom. The van der Waals surface area contributed by atoms with Gasteiger partial charge in [-0.25, -0.2) is 8.42 Å². The molecule has 0 amide bonds. The summed E-state index contributed by atoms with van der Waals surface area (Å²) in [6.07, 6.45) is 7.50. The highest BCUT2D eigenvalue weighted by molar-refractivity contribution is 7.99. The second-order valence-corrected chi connectivity index (χ2v) is 8.44. The zero-order chi connectivity index (χ0) is 14.8. The Kier molecular flexibility index (Phi) is 5.40. The van der Waals surface area contributed by atoms with Crippen LogP contribution in [0.4, 0.5) is 0 Å². The minimum Gasteiger partial charge on any atom is -0.314 e. The van der Waals surface area contributed by atoms with Crippen LogP contribution < -0.4 is 5.32 Å². The van der Waals surface area contributed by atoms with E-state index in [1.807, 2.05) is 12.3 Å². The summed E-state index contributed by atoms with van der Waals surface area (Å²) in [5.41, 5.74) is 0.993. The number of rotatable bonds is 4. The quantitative estimate of drug-likeness (QED) is 0.860. The van der Waals surface area contributed by atoms with Gasteiger partial charge in [-0.05, 0) is 49.8 Å². The molecule has 1 fully saturated rings. The largest absolute Gasteiger partial charge is 0.314 e. The number of hydrogen-bond acceptors (Lipinski definition) is 4. The summed E-state index contributed by atoms with van der Waals surface area (Å²) >= 11 is 7.63. The SMILES string of the molecule is CSc1c(Cl)cc(CC2CCCCN2)cc1S(C)(=O)=O. The van der Waals surface area contributed by atoms with Crippen molar-refractivity contribution < 1.29 is 8.42 Å². The maximum atomic E-state index is 11.9. The number of thioether (sulfide) groups is 1. The van der Waals surface area contributed by atoms with Gasteiger partial charge in [0.05, 0.1) is 9.92 Å². The second-order valence-electron chi connectivity index (χ2n) is 5.23. The van der Waals surface area contributed by atoms with E-state index in [0.717, 1.165) is 24.9 Å². The highest BCUT2D eigenvalue weighted by atomic mass is 35.5. The van der Waals surface area contributed by atoms with E-state index < -0.39 is 9.84 Å². The van der Waals surface area contributed by atoms with Crippen LogP contribution in [-0.2, 0) is 16.3 Å². The molecular formula is C14H20ClNO2S2. The monoisotopic (exact) mass is 333 g/mol. The molecule has 0 aromatic heterocycles. The van der Waals surface area contributed by atoms with E-state index in [1.54, 1.807) is 6.07 Å². The molecule has 0 bridgehead atoms. The lowest BCUT2D eigenvalue weighted by Crippen LogP contribution is -2.35. The lowest BCUT2D eigenvalue weighted by atomic mass is 9.98. The number of halogens is 1. The number of nitrogens with one attached hydrogen (secondary N) is 1. The van der Waals surface area contributed by atoms with Gasteiger partial charge in [0, 0.05) is 17.2 Å². The third kappa shape index (κ3) is 3.91. The van der Waals surface area contributed by atoms with Crippen LogP contribution in [0.25, 0.3) is 0 Å². The van der Waals surface area contributed by atoms with Crippen LogP contribution in [0.1, 0.15) is 24.8 Å². The number of sulfone groups is 1. The Hall–Kier alpha value is -0.230. The van der Waals surface area contributed by atoms with Crippen molar-refractivity contribution >= 4 is 33.2 Å². The van der Waals surface area contributed by atoms with E-state index in [-0.39, 0.29) is 0 Å². The Labute approximate surface area is 130 Å². The first-order chi connectivity index (χ1) is 9.41. The van der Waals surface area contributed by atoms with Gasteiger partial charge in [0.15, 0.2) is 9.84 Å². The van der Waals surface area contributed by atoms with Gasteiger partial charge in [0.25, 0.3) is 0 Å². The molecule has 1 atom stereocenters. The third-order valence-electron chi connectivity index (χ3n) is 3.57. The van der Waals surface area contributed by atoms with Crippen molar-refractivity contribution in [1.82, 2.24) is 5.32 Å². The van der Waals surface area contributed by atoms with E-state index in [2.05, 4.69) is 5.32 Å². The number of benzene rings is 1. The molecule has 0 saturated carbocycles. The average Bonchev–Trinajstić information content (AvgIpc) is 2.38. The van der Waals surface area contributed by atoms with E-state index in [9.17, 15) is 8.42 Å². The second kappa shape index (κ2) is 6.69. The Morgan fingerprint density at radius 2 is 2.15 bits per heavy atom. The molecule has 2 rings (SSSR count). The lowest BCUT2D eigenvalue weighted by molar-refractivity contribution is 0.399. The van der Waals surface area contributed by atoms with Gasteiger partial charge in [-0.1, -0.05) is 18.0 Å². The van der Waals surface area contributed by atoms with Crippen molar-refractivity contribution in [3.05, 3.63) is 22.7 Å². The fourth-order valence-electron chi connectivity index (χ4n) is 2.60. The molecule has 1 aromatic carbocycles. The molecule has 1 aromatic rings. The summed E-state index contributed by atoms with van der Waals surface area (Å²) < 4.78 is 23.8. The maximum absolute atomic E-state index is 11.9. The summed E-state index contributed by atoms with van der Waals surface area (Å²) in [5, 5.41) is 4.01. The summed E-state index contributed by atoms with van der Waals surface area (Å²) in [6, 6.07) is 4.11. The van der Waals surface area contributed by atoms with Crippen LogP contribution in [0.3, 0.4) is 0 Å². The van der Waals surface area contributed by atoms with Crippen LogP contribution in [0.5, 0.6) is 0 Å². The van der Waals surface area contributed by atoms with Crippen molar-refractivity contribution in [3.63, 3.8) is 0 Å². The van der Waals surface area contributed by atoms with Crippen molar-refractivity contribution in [3.8, 4) is 0 Å². The highest BCUT2D eigenvalue weighted by Crippen LogP contribution is 2.34. The molecule has 0 spiro atoms. The topological polar surface area (TPSA) is 46.2 Å². The Bertz CT molecular complexity index is 581. The van der Waals surface area contributed by atoms with E-state index in [0.29, 0.717) is 20.9 Å². The highest BCUT2D eigenvalue weighted by Gasteiger charge is 2.19. The summed E-state index contributed by atoms with van der Waals surface area (Å²) in [7, 11) is -3.26. The Morgan fingerprint density at radius 1 is 1.40 bits per heavy atom. The molecule has 1 N–H and O–H groups in total. The first kappa shape index (κ1) is 16.1. The zero-order valence-electron chi connectivity index (χ0n) is 11.8. The molecule has 1 heterocycles. The normalized spacial score (nSPS) is 20.1. The molecule has 1 aliphatic heterocycles.